The average molecular weight is 321 g/mol. The van der Waals surface area contributed by atoms with Crippen LogP contribution in [-0.4, -0.2) is 12.1 Å². The van der Waals surface area contributed by atoms with Crippen molar-refractivity contribution >= 4 is 17.2 Å². The molecule has 2 N–H and O–H groups in total. The van der Waals surface area contributed by atoms with Crippen LogP contribution in [0.2, 0.25) is 0 Å². The molecule has 23 heavy (non-hydrogen) atoms. The van der Waals surface area contributed by atoms with E-state index in [1.165, 1.54) is 4.88 Å². The molecule has 0 spiro atoms. The van der Waals surface area contributed by atoms with E-state index in [9.17, 15) is 5.26 Å². The maximum atomic E-state index is 9.44. The number of rotatable bonds is 3. The summed E-state index contributed by atoms with van der Waals surface area (Å²) >= 11 is 1.63. The molecule has 2 heterocycles. The third-order valence-electron chi connectivity index (χ3n) is 3.55. The van der Waals surface area contributed by atoms with Crippen LogP contribution in [0.25, 0.3) is 21.7 Å². The molecule has 0 fully saturated rings. The molecule has 4 nitrogen and oxygen atoms in total. The molecule has 1 aromatic carbocycles. The first-order valence-corrected chi connectivity index (χ1v) is 7.86. The number of aryl methyl sites for hydroxylation is 1. The number of benzene rings is 1. The molecule has 2 aromatic heterocycles. The maximum Gasteiger partial charge on any atom is 0.142 e. The lowest BCUT2D eigenvalue weighted by Crippen LogP contribution is -2.00. The number of pyridine rings is 1. The van der Waals surface area contributed by atoms with Crippen LogP contribution in [-0.2, 0) is 0 Å². The summed E-state index contributed by atoms with van der Waals surface area (Å²) < 4.78 is 5.40. The molecule has 0 amide bonds. The first kappa shape index (κ1) is 15.1. The Morgan fingerprint density at radius 3 is 2.61 bits per heavy atom. The van der Waals surface area contributed by atoms with Crippen molar-refractivity contribution < 1.29 is 4.74 Å². The largest absolute Gasteiger partial charge is 0.496 e. The zero-order valence-electron chi connectivity index (χ0n) is 12.8. The minimum absolute atomic E-state index is 0.233. The highest BCUT2D eigenvalue weighted by Gasteiger charge is 2.16. The standard InChI is InChI=1S/C18H15N3OS/c1-11-7-8-17(23-11)13-9-15(21-18(20)14(13)10-19)12-5-3-4-6-16(12)22-2/h3-9H,1-2H3,(H2,20,21). The lowest BCUT2D eigenvalue weighted by Gasteiger charge is -2.11. The first-order valence-electron chi connectivity index (χ1n) is 7.05. The van der Waals surface area contributed by atoms with Crippen LogP contribution in [0.1, 0.15) is 10.4 Å². The smallest absolute Gasteiger partial charge is 0.142 e. The monoisotopic (exact) mass is 321 g/mol. The second-order valence-electron chi connectivity index (χ2n) is 5.04. The van der Waals surface area contributed by atoms with E-state index in [0.29, 0.717) is 11.3 Å². The third kappa shape index (κ3) is 2.77. The minimum atomic E-state index is 0.233. The molecule has 0 radical (unpaired) electrons. The zero-order valence-corrected chi connectivity index (χ0v) is 13.6. The van der Waals surface area contributed by atoms with Gasteiger partial charge in [-0.15, -0.1) is 11.3 Å². The third-order valence-corrected chi connectivity index (χ3v) is 4.58. The SMILES string of the molecule is COc1ccccc1-c1cc(-c2ccc(C)s2)c(C#N)c(N)n1. The van der Waals surface area contributed by atoms with Crippen molar-refractivity contribution in [2.75, 3.05) is 12.8 Å². The van der Waals surface area contributed by atoms with Gasteiger partial charge in [-0.25, -0.2) is 4.98 Å². The van der Waals surface area contributed by atoms with Crippen LogP contribution < -0.4 is 10.5 Å². The molecule has 0 aliphatic carbocycles. The molecule has 114 valence electrons. The molecule has 0 aliphatic rings. The van der Waals surface area contributed by atoms with Gasteiger partial charge in [-0.3, -0.25) is 0 Å². The van der Waals surface area contributed by atoms with Gasteiger partial charge >= 0.3 is 0 Å². The van der Waals surface area contributed by atoms with Gasteiger partial charge in [0.05, 0.1) is 12.8 Å². The maximum absolute atomic E-state index is 9.44. The molecule has 0 saturated carbocycles. The number of nitrogens with zero attached hydrogens (tertiary/aromatic N) is 2. The number of nitrogens with two attached hydrogens (primary N) is 1. The van der Waals surface area contributed by atoms with Crippen molar-refractivity contribution in [2.24, 2.45) is 0 Å². The number of hydrogen-bond acceptors (Lipinski definition) is 5. The van der Waals surface area contributed by atoms with Gasteiger partial charge in [0, 0.05) is 20.9 Å². The lowest BCUT2D eigenvalue weighted by atomic mass is 10.0. The average Bonchev–Trinajstić information content (AvgIpc) is 3.00. The van der Waals surface area contributed by atoms with Gasteiger partial charge in [-0.05, 0) is 37.3 Å². The molecule has 3 aromatic rings. The van der Waals surface area contributed by atoms with E-state index in [2.05, 4.69) is 11.1 Å². The predicted octanol–water partition coefficient (Wildman–Crippen LogP) is 4.25. The summed E-state index contributed by atoms with van der Waals surface area (Å²) in [4.78, 5) is 6.58. The second kappa shape index (κ2) is 6.11. The summed E-state index contributed by atoms with van der Waals surface area (Å²) in [5.74, 6) is 0.953. The van der Waals surface area contributed by atoms with Gasteiger partial charge in [-0.1, -0.05) is 12.1 Å². The van der Waals surface area contributed by atoms with Gasteiger partial charge in [0.15, 0.2) is 0 Å². The van der Waals surface area contributed by atoms with Crippen molar-refractivity contribution in [3.63, 3.8) is 0 Å². The van der Waals surface area contributed by atoms with Crippen LogP contribution in [0, 0.1) is 18.3 Å². The highest BCUT2D eigenvalue weighted by molar-refractivity contribution is 7.15. The summed E-state index contributed by atoms with van der Waals surface area (Å²) in [7, 11) is 1.62. The van der Waals surface area contributed by atoms with E-state index in [-0.39, 0.29) is 5.82 Å². The minimum Gasteiger partial charge on any atom is -0.496 e. The summed E-state index contributed by atoms with van der Waals surface area (Å²) in [6.07, 6.45) is 0. The summed E-state index contributed by atoms with van der Waals surface area (Å²) in [6, 6.07) is 15.7. The Morgan fingerprint density at radius 1 is 1.17 bits per heavy atom. The number of aromatic nitrogens is 1. The second-order valence-corrected chi connectivity index (χ2v) is 6.33. The fourth-order valence-electron chi connectivity index (χ4n) is 2.45. The van der Waals surface area contributed by atoms with Crippen molar-refractivity contribution in [1.82, 2.24) is 4.98 Å². The van der Waals surface area contributed by atoms with Crippen LogP contribution in [0.3, 0.4) is 0 Å². The number of thiophene rings is 1. The molecule has 0 bridgehead atoms. The van der Waals surface area contributed by atoms with E-state index in [1.54, 1.807) is 18.4 Å². The Hall–Kier alpha value is -2.84. The summed E-state index contributed by atoms with van der Waals surface area (Å²) in [6.45, 7) is 2.03. The molecule has 3 rings (SSSR count). The summed E-state index contributed by atoms with van der Waals surface area (Å²) in [5.41, 5.74) is 8.79. The zero-order chi connectivity index (χ0) is 16.4. The van der Waals surface area contributed by atoms with E-state index >= 15 is 0 Å². The molecule has 0 unspecified atom stereocenters. The molecule has 5 heteroatoms. The van der Waals surface area contributed by atoms with Gasteiger partial charge in [0.25, 0.3) is 0 Å². The van der Waals surface area contributed by atoms with Crippen molar-refractivity contribution in [1.29, 1.82) is 5.26 Å². The topological polar surface area (TPSA) is 71.9 Å². The number of anilines is 1. The van der Waals surface area contributed by atoms with E-state index in [0.717, 1.165) is 21.8 Å². The lowest BCUT2D eigenvalue weighted by molar-refractivity contribution is 0.416. The van der Waals surface area contributed by atoms with E-state index in [1.807, 2.05) is 49.4 Å². The van der Waals surface area contributed by atoms with Crippen LogP contribution in [0.15, 0.2) is 42.5 Å². The van der Waals surface area contributed by atoms with Crippen LogP contribution in [0.5, 0.6) is 5.75 Å². The first-order chi connectivity index (χ1) is 11.1. The quantitative estimate of drug-likeness (QED) is 0.783. The Bertz CT molecular complexity index is 909. The van der Waals surface area contributed by atoms with Gasteiger partial charge in [0.1, 0.15) is 23.2 Å². The van der Waals surface area contributed by atoms with Gasteiger partial charge < -0.3 is 10.5 Å². The van der Waals surface area contributed by atoms with Crippen molar-refractivity contribution in [3.05, 3.63) is 52.9 Å². The number of hydrogen-bond donors (Lipinski definition) is 1. The van der Waals surface area contributed by atoms with Gasteiger partial charge in [0.2, 0.25) is 0 Å². The van der Waals surface area contributed by atoms with Crippen LogP contribution >= 0.6 is 11.3 Å². The number of nitrogen functional groups attached to an aromatic ring is 1. The van der Waals surface area contributed by atoms with Crippen molar-refractivity contribution in [3.8, 4) is 33.5 Å². The summed E-state index contributed by atoms with van der Waals surface area (Å²) in [5, 5.41) is 9.44. The Kier molecular flexibility index (Phi) is 4.00. The molecule has 0 aliphatic heterocycles. The normalized spacial score (nSPS) is 10.3. The number of nitriles is 1. The fraction of sp³-hybridized carbons (Fsp3) is 0.111. The van der Waals surface area contributed by atoms with Crippen molar-refractivity contribution in [2.45, 2.75) is 6.92 Å². The highest BCUT2D eigenvalue weighted by atomic mass is 32.1. The molecular weight excluding hydrogens is 306 g/mol. The van der Waals surface area contributed by atoms with E-state index < -0.39 is 0 Å². The Labute approximate surface area is 138 Å². The number of para-hydroxylation sites is 1. The molecule has 0 saturated heterocycles. The number of methoxy groups -OCH3 is 1. The molecule has 0 atom stereocenters. The fourth-order valence-corrected chi connectivity index (χ4v) is 3.34. The Balaban J connectivity index is 2.25. The van der Waals surface area contributed by atoms with E-state index in [4.69, 9.17) is 10.5 Å². The van der Waals surface area contributed by atoms with Crippen LogP contribution in [0.4, 0.5) is 5.82 Å². The molecular formula is C18H15N3OS. The number of ether oxygens (including phenoxy) is 1. The highest BCUT2D eigenvalue weighted by Crippen LogP contribution is 2.37. The predicted molar refractivity (Wildman–Crippen MR) is 93.4 cm³/mol. The Morgan fingerprint density at radius 2 is 1.96 bits per heavy atom. The van der Waals surface area contributed by atoms with Gasteiger partial charge in [-0.2, -0.15) is 5.26 Å².